The summed E-state index contributed by atoms with van der Waals surface area (Å²) < 4.78 is 1.57. The van der Waals surface area contributed by atoms with Gasteiger partial charge in [0.25, 0.3) is 5.91 Å². The van der Waals surface area contributed by atoms with Gasteiger partial charge in [0, 0.05) is 19.8 Å². The summed E-state index contributed by atoms with van der Waals surface area (Å²) in [4.78, 5) is 11.7. The maximum atomic E-state index is 11.7. The molecule has 2 N–H and O–H groups in total. The van der Waals surface area contributed by atoms with Crippen molar-refractivity contribution in [3.8, 4) is 0 Å². The first-order valence-electron chi connectivity index (χ1n) is 5.80. The highest BCUT2D eigenvalue weighted by molar-refractivity contribution is 5.92. The monoisotopic (exact) mass is 239 g/mol. The highest BCUT2D eigenvalue weighted by Crippen LogP contribution is 2.15. The summed E-state index contributed by atoms with van der Waals surface area (Å²) in [6.07, 6.45) is 2.36. The second-order valence-corrected chi connectivity index (χ2v) is 5.15. The molecule has 1 aromatic heterocycles. The molecular formula is C12H21N3O2. The van der Waals surface area contributed by atoms with Gasteiger partial charge >= 0.3 is 0 Å². The van der Waals surface area contributed by atoms with Crippen LogP contribution in [0.5, 0.6) is 0 Å². The average molecular weight is 239 g/mol. The fraction of sp³-hybridized carbons (Fsp3) is 0.667. The highest BCUT2D eigenvalue weighted by atomic mass is 16.3. The molecule has 5 heteroatoms. The Hall–Kier alpha value is -1.36. The molecule has 5 nitrogen and oxygen atoms in total. The van der Waals surface area contributed by atoms with Crippen molar-refractivity contribution in [2.75, 3.05) is 6.54 Å². The molecule has 96 valence electrons. The van der Waals surface area contributed by atoms with E-state index < -0.39 is 5.60 Å². The Morgan fingerprint density at radius 2 is 2.29 bits per heavy atom. The second kappa shape index (κ2) is 5.31. The van der Waals surface area contributed by atoms with Crippen LogP contribution in [0.3, 0.4) is 0 Å². The van der Waals surface area contributed by atoms with Gasteiger partial charge in [-0.05, 0) is 25.3 Å². The third kappa shape index (κ3) is 4.56. The van der Waals surface area contributed by atoms with Gasteiger partial charge in [0.15, 0.2) is 0 Å². The smallest absolute Gasteiger partial charge is 0.271 e. The topological polar surface area (TPSA) is 67.2 Å². The Morgan fingerprint density at radius 3 is 2.76 bits per heavy atom. The molecule has 0 bridgehead atoms. The van der Waals surface area contributed by atoms with Crippen molar-refractivity contribution in [2.45, 2.75) is 32.8 Å². The number of rotatable bonds is 5. The molecule has 1 aromatic rings. The van der Waals surface area contributed by atoms with E-state index in [1.165, 1.54) is 0 Å². The van der Waals surface area contributed by atoms with Gasteiger partial charge in [-0.25, -0.2) is 0 Å². The number of nitrogens with zero attached hydrogens (tertiary/aromatic N) is 2. The Kier molecular flexibility index (Phi) is 4.28. The first-order chi connectivity index (χ1) is 7.80. The van der Waals surface area contributed by atoms with Crippen molar-refractivity contribution in [3.63, 3.8) is 0 Å². The van der Waals surface area contributed by atoms with Crippen LogP contribution in [0.4, 0.5) is 0 Å². The molecule has 17 heavy (non-hydrogen) atoms. The lowest BCUT2D eigenvalue weighted by Crippen LogP contribution is -2.41. The number of carbonyl (C=O) groups is 1. The van der Waals surface area contributed by atoms with Crippen molar-refractivity contribution >= 4 is 5.91 Å². The molecule has 1 heterocycles. The van der Waals surface area contributed by atoms with Gasteiger partial charge in [-0.15, -0.1) is 0 Å². The first kappa shape index (κ1) is 13.7. The fourth-order valence-electron chi connectivity index (χ4n) is 1.85. The molecular weight excluding hydrogens is 218 g/mol. The third-order valence-electron chi connectivity index (χ3n) is 2.42. The van der Waals surface area contributed by atoms with Crippen LogP contribution in [0.1, 0.15) is 37.7 Å². The van der Waals surface area contributed by atoms with Crippen LogP contribution < -0.4 is 5.32 Å². The summed E-state index contributed by atoms with van der Waals surface area (Å²) in [5.41, 5.74) is -0.508. The summed E-state index contributed by atoms with van der Waals surface area (Å²) in [5, 5.41) is 16.7. The van der Waals surface area contributed by atoms with E-state index in [0.29, 0.717) is 18.0 Å². The van der Waals surface area contributed by atoms with Crippen LogP contribution in [0, 0.1) is 5.92 Å². The van der Waals surface area contributed by atoms with Crippen molar-refractivity contribution in [1.29, 1.82) is 0 Å². The summed E-state index contributed by atoms with van der Waals surface area (Å²) in [6.45, 7) is 6.04. The number of nitrogens with one attached hydrogen (secondary N) is 1. The Balaban J connectivity index is 2.48. The van der Waals surface area contributed by atoms with Crippen LogP contribution in [-0.2, 0) is 7.05 Å². The molecule has 0 aliphatic carbocycles. The lowest BCUT2D eigenvalue weighted by molar-refractivity contribution is 0.0367. The molecule has 0 radical (unpaired) electrons. The van der Waals surface area contributed by atoms with Gasteiger partial charge in [-0.2, -0.15) is 5.10 Å². The molecule has 1 unspecified atom stereocenters. The lowest BCUT2D eigenvalue weighted by atomic mass is 9.94. The number of hydrogen-bond donors (Lipinski definition) is 2. The van der Waals surface area contributed by atoms with Crippen LogP contribution in [-0.4, -0.2) is 32.9 Å². The minimum absolute atomic E-state index is 0.237. The molecule has 0 spiro atoms. The fourth-order valence-corrected chi connectivity index (χ4v) is 1.85. The van der Waals surface area contributed by atoms with E-state index >= 15 is 0 Å². The van der Waals surface area contributed by atoms with E-state index in [2.05, 4.69) is 10.4 Å². The molecule has 0 saturated carbocycles. The zero-order valence-corrected chi connectivity index (χ0v) is 10.9. The second-order valence-electron chi connectivity index (χ2n) is 5.15. The molecule has 1 rings (SSSR count). The quantitative estimate of drug-likeness (QED) is 0.804. The Morgan fingerprint density at radius 1 is 1.65 bits per heavy atom. The Labute approximate surface area is 102 Å². The van der Waals surface area contributed by atoms with Gasteiger partial charge < -0.3 is 10.4 Å². The van der Waals surface area contributed by atoms with Gasteiger partial charge in [0.2, 0.25) is 0 Å². The SMILES string of the molecule is CC(C)CC(C)(O)CNC(=O)c1ccn(C)n1. The average Bonchev–Trinajstić information content (AvgIpc) is 2.59. The number of aryl methyl sites for hydroxylation is 1. The van der Waals surface area contributed by atoms with E-state index in [-0.39, 0.29) is 12.5 Å². The van der Waals surface area contributed by atoms with Crippen LogP contribution in [0.2, 0.25) is 0 Å². The highest BCUT2D eigenvalue weighted by Gasteiger charge is 2.23. The van der Waals surface area contributed by atoms with E-state index in [4.69, 9.17) is 0 Å². The predicted molar refractivity (Wildman–Crippen MR) is 65.6 cm³/mol. The normalized spacial score (nSPS) is 14.7. The van der Waals surface area contributed by atoms with Gasteiger partial charge in [0.1, 0.15) is 5.69 Å². The molecule has 0 aliphatic rings. The van der Waals surface area contributed by atoms with Gasteiger partial charge in [0.05, 0.1) is 5.60 Å². The summed E-state index contributed by atoms with van der Waals surface area (Å²) in [5.74, 6) is 0.131. The van der Waals surface area contributed by atoms with Crippen LogP contribution >= 0.6 is 0 Å². The van der Waals surface area contributed by atoms with Crippen molar-refractivity contribution < 1.29 is 9.90 Å². The van der Waals surface area contributed by atoms with E-state index in [1.54, 1.807) is 30.9 Å². The zero-order valence-electron chi connectivity index (χ0n) is 10.9. The molecule has 0 fully saturated rings. The maximum absolute atomic E-state index is 11.7. The van der Waals surface area contributed by atoms with Gasteiger partial charge in [-0.1, -0.05) is 13.8 Å². The van der Waals surface area contributed by atoms with Crippen LogP contribution in [0.15, 0.2) is 12.3 Å². The number of hydrogen-bond acceptors (Lipinski definition) is 3. The summed E-state index contributed by atoms with van der Waals surface area (Å²) in [6, 6.07) is 1.65. The number of carbonyl (C=O) groups excluding carboxylic acids is 1. The van der Waals surface area contributed by atoms with Crippen molar-refractivity contribution in [1.82, 2.24) is 15.1 Å². The first-order valence-corrected chi connectivity index (χ1v) is 5.80. The minimum atomic E-state index is -0.876. The summed E-state index contributed by atoms with van der Waals surface area (Å²) in [7, 11) is 1.76. The van der Waals surface area contributed by atoms with Crippen molar-refractivity contribution in [2.24, 2.45) is 13.0 Å². The number of aliphatic hydroxyl groups is 1. The van der Waals surface area contributed by atoms with Crippen LogP contribution in [0.25, 0.3) is 0 Å². The molecule has 1 amide bonds. The minimum Gasteiger partial charge on any atom is -0.388 e. The third-order valence-corrected chi connectivity index (χ3v) is 2.42. The zero-order chi connectivity index (χ0) is 13.1. The number of amides is 1. The van der Waals surface area contributed by atoms with E-state index in [1.807, 2.05) is 13.8 Å². The standard InChI is InChI=1S/C12H21N3O2/c1-9(2)7-12(3,17)8-13-11(16)10-5-6-15(4)14-10/h5-6,9,17H,7-8H2,1-4H3,(H,13,16). The summed E-state index contributed by atoms with van der Waals surface area (Å²) >= 11 is 0. The Bertz CT molecular complexity index is 383. The maximum Gasteiger partial charge on any atom is 0.271 e. The predicted octanol–water partition coefficient (Wildman–Crippen LogP) is 0.947. The van der Waals surface area contributed by atoms with Crippen molar-refractivity contribution in [3.05, 3.63) is 18.0 Å². The van der Waals surface area contributed by atoms with E-state index in [0.717, 1.165) is 0 Å². The molecule has 0 aliphatic heterocycles. The van der Waals surface area contributed by atoms with E-state index in [9.17, 15) is 9.90 Å². The number of aromatic nitrogens is 2. The molecule has 1 atom stereocenters. The molecule has 0 saturated heterocycles. The van der Waals surface area contributed by atoms with Gasteiger partial charge in [-0.3, -0.25) is 9.48 Å². The molecule has 0 aromatic carbocycles. The largest absolute Gasteiger partial charge is 0.388 e. The lowest BCUT2D eigenvalue weighted by Gasteiger charge is -2.25.